The molecule has 3 heteroatoms. The number of likely N-dealkylation sites (N-methyl/N-ethyl adjacent to an activating group) is 1. The van der Waals surface area contributed by atoms with Crippen LogP contribution in [0.3, 0.4) is 0 Å². The van der Waals surface area contributed by atoms with Gasteiger partial charge in [-0.1, -0.05) is 46.2 Å². The molecule has 0 saturated carbocycles. The van der Waals surface area contributed by atoms with Crippen LogP contribution >= 0.6 is 22.9 Å². The molecule has 1 aromatic rings. The SMILES string of the molecule is CCNC(Cc1ccc(Cl)s1)CC(C)C(C)(C)C. The van der Waals surface area contributed by atoms with Crippen molar-refractivity contribution in [3.63, 3.8) is 0 Å². The van der Waals surface area contributed by atoms with Crippen molar-refractivity contribution in [3.8, 4) is 0 Å². The lowest BCUT2D eigenvalue weighted by molar-refractivity contribution is 0.223. The molecule has 104 valence electrons. The first-order valence-corrected chi connectivity index (χ1v) is 8.00. The molecule has 1 N–H and O–H groups in total. The predicted molar refractivity (Wildman–Crippen MR) is 83.7 cm³/mol. The van der Waals surface area contributed by atoms with Crippen molar-refractivity contribution in [1.82, 2.24) is 5.32 Å². The molecule has 1 rings (SSSR count). The monoisotopic (exact) mass is 287 g/mol. The van der Waals surface area contributed by atoms with Crippen molar-refractivity contribution in [2.45, 2.75) is 53.5 Å². The molecule has 0 aromatic carbocycles. The lowest BCUT2D eigenvalue weighted by atomic mass is 9.78. The molecule has 0 saturated heterocycles. The maximum absolute atomic E-state index is 6.00. The van der Waals surface area contributed by atoms with E-state index >= 15 is 0 Å². The normalized spacial score (nSPS) is 15.7. The third kappa shape index (κ3) is 5.29. The molecule has 0 amide bonds. The first-order chi connectivity index (χ1) is 8.32. The van der Waals surface area contributed by atoms with Crippen molar-refractivity contribution < 1.29 is 0 Å². The summed E-state index contributed by atoms with van der Waals surface area (Å²) >= 11 is 7.70. The van der Waals surface area contributed by atoms with Crippen LogP contribution in [0, 0.1) is 11.3 Å². The van der Waals surface area contributed by atoms with E-state index < -0.39 is 0 Å². The van der Waals surface area contributed by atoms with Gasteiger partial charge in [-0.3, -0.25) is 0 Å². The van der Waals surface area contributed by atoms with E-state index in [1.165, 1.54) is 11.3 Å². The Bertz CT molecular complexity index is 354. The third-order valence-corrected chi connectivity index (χ3v) is 4.94. The predicted octanol–water partition coefficient (Wildman–Crippen LogP) is 4.99. The summed E-state index contributed by atoms with van der Waals surface area (Å²) < 4.78 is 0.893. The van der Waals surface area contributed by atoms with Crippen molar-refractivity contribution in [2.75, 3.05) is 6.54 Å². The largest absolute Gasteiger partial charge is 0.314 e. The van der Waals surface area contributed by atoms with Gasteiger partial charge in [0.25, 0.3) is 0 Å². The molecule has 1 aromatic heterocycles. The van der Waals surface area contributed by atoms with Crippen molar-refractivity contribution >= 4 is 22.9 Å². The quantitative estimate of drug-likeness (QED) is 0.777. The van der Waals surface area contributed by atoms with Crippen LogP contribution in [0.25, 0.3) is 0 Å². The van der Waals surface area contributed by atoms with Crippen molar-refractivity contribution in [2.24, 2.45) is 11.3 Å². The van der Waals surface area contributed by atoms with E-state index in [0.717, 1.165) is 17.3 Å². The molecular formula is C15H26ClNS. The van der Waals surface area contributed by atoms with E-state index in [2.05, 4.69) is 46.0 Å². The van der Waals surface area contributed by atoms with Gasteiger partial charge in [-0.15, -0.1) is 11.3 Å². The maximum Gasteiger partial charge on any atom is 0.0931 e. The molecular weight excluding hydrogens is 262 g/mol. The average molecular weight is 288 g/mol. The van der Waals surface area contributed by atoms with Gasteiger partial charge in [0, 0.05) is 10.9 Å². The smallest absolute Gasteiger partial charge is 0.0931 e. The zero-order valence-corrected chi connectivity index (χ0v) is 13.8. The molecule has 0 aliphatic rings. The maximum atomic E-state index is 6.00. The third-order valence-electron chi connectivity index (χ3n) is 3.69. The van der Waals surface area contributed by atoms with E-state index in [9.17, 15) is 0 Å². The highest BCUT2D eigenvalue weighted by atomic mass is 35.5. The van der Waals surface area contributed by atoms with Gasteiger partial charge < -0.3 is 5.32 Å². The molecule has 0 bridgehead atoms. The lowest BCUT2D eigenvalue weighted by Crippen LogP contribution is -2.35. The van der Waals surface area contributed by atoms with Gasteiger partial charge in [0.2, 0.25) is 0 Å². The Hall–Kier alpha value is -0.0500. The first-order valence-electron chi connectivity index (χ1n) is 6.80. The molecule has 18 heavy (non-hydrogen) atoms. The summed E-state index contributed by atoms with van der Waals surface area (Å²) in [5.41, 5.74) is 0.376. The molecule has 1 heterocycles. The lowest BCUT2D eigenvalue weighted by Gasteiger charge is -2.31. The van der Waals surface area contributed by atoms with Gasteiger partial charge in [-0.05, 0) is 42.9 Å². The van der Waals surface area contributed by atoms with E-state index in [1.807, 2.05) is 6.07 Å². The number of hydrogen-bond acceptors (Lipinski definition) is 2. The van der Waals surface area contributed by atoms with Crippen LogP contribution in [0.1, 0.15) is 45.9 Å². The number of nitrogens with one attached hydrogen (secondary N) is 1. The van der Waals surface area contributed by atoms with Crippen LogP contribution in [0.15, 0.2) is 12.1 Å². The first kappa shape index (κ1) is 16.0. The second-order valence-corrected chi connectivity index (χ2v) is 7.97. The number of hydrogen-bond donors (Lipinski definition) is 1. The summed E-state index contributed by atoms with van der Waals surface area (Å²) in [7, 11) is 0. The van der Waals surface area contributed by atoms with Crippen LogP contribution < -0.4 is 5.32 Å². The summed E-state index contributed by atoms with van der Waals surface area (Å²) in [4.78, 5) is 1.38. The van der Waals surface area contributed by atoms with Crippen molar-refractivity contribution in [3.05, 3.63) is 21.3 Å². The zero-order chi connectivity index (χ0) is 13.8. The summed E-state index contributed by atoms with van der Waals surface area (Å²) in [6.07, 6.45) is 2.30. The summed E-state index contributed by atoms with van der Waals surface area (Å²) in [5, 5.41) is 3.61. The van der Waals surface area contributed by atoms with Crippen LogP contribution in [0.2, 0.25) is 4.34 Å². The molecule has 0 aliphatic heterocycles. The molecule has 1 nitrogen and oxygen atoms in total. The van der Waals surface area contributed by atoms with Crippen LogP contribution in [0.5, 0.6) is 0 Å². The van der Waals surface area contributed by atoms with Gasteiger partial charge in [0.15, 0.2) is 0 Å². The summed E-state index contributed by atoms with van der Waals surface area (Å²) in [5.74, 6) is 0.706. The van der Waals surface area contributed by atoms with Crippen LogP contribution in [0.4, 0.5) is 0 Å². The van der Waals surface area contributed by atoms with Gasteiger partial charge in [-0.2, -0.15) is 0 Å². The summed E-state index contributed by atoms with van der Waals surface area (Å²) in [6, 6.07) is 4.70. The molecule has 2 unspecified atom stereocenters. The fourth-order valence-electron chi connectivity index (χ4n) is 2.01. The minimum Gasteiger partial charge on any atom is -0.314 e. The molecule has 0 fully saturated rings. The Morgan fingerprint density at radius 1 is 1.33 bits per heavy atom. The Kier molecular flexibility index (Phi) is 6.16. The Morgan fingerprint density at radius 3 is 2.44 bits per heavy atom. The second kappa shape index (κ2) is 6.93. The number of thiophene rings is 1. The Balaban J connectivity index is 2.60. The van der Waals surface area contributed by atoms with Gasteiger partial charge in [-0.25, -0.2) is 0 Å². The number of halogens is 1. The standard InChI is InChI=1S/C15H26ClNS/c1-6-17-12(9-11(2)15(3,4)5)10-13-7-8-14(16)18-13/h7-8,11-12,17H,6,9-10H2,1-5H3. The summed E-state index contributed by atoms with van der Waals surface area (Å²) in [6.45, 7) is 12.5. The molecule has 0 radical (unpaired) electrons. The van der Waals surface area contributed by atoms with Gasteiger partial charge in [0.05, 0.1) is 4.34 Å². The van der Waals surface area contributed by atoms with E-state index in [0.29, 0.717) is 17.4 Å². The topological polar surface area (TPSA) is 12.0 Å². The van der Waals surface area contributed by atoms with Crippen LogP contribution in [-0.2, 0) is 6.42 Å². The highest BCUT2D eigenvalue weighted by Crippen LogP contribution is 2.30. The van der Waals surface area contributed by atoms with Gasteiger partial charge in [0.1, 0.15) is 0 Å². The van der Waals surface area contributed by atoms with Crippen molar-refractivity contribution in [1.29, 1.82) is 0 Å². The van der Waals surface area contributed by atoms with E-state index in [4.69, 9.17) is 11.6 Å². The number of rotatable bonds is 6. The minimum atomic E-state index is 0.376. The highest BCUT2D eigenvalue weighted by Gasteiger charge is 2.23. The van der Waals surface area contributed by atoms with E-state index in [1.54, 1.807) is 11.3 Å². The fourth-order valence-corrected chi connectivity index (χ4v) is 3.18. The zero-order valence-electron chi connectivity index (χ0n) is 12.2. The molecule has 0 spiro atoms. The second-order valence-electron chi connectivity index (χ2n) is 6.17. The van der Waals surface area contributed by atoms with Gasteiger partial charge >= 0.3 is 0 Å². The Morgan fingerprint density at radius 2 is 2.00 bits per heavy atom. The Labute approximate surface area is 121 Å². The van der Waals surface area contributed by atoms with E-state index in [-0.39, 0.29) is 0 Å². The minimum absolute atomic E-state index is 0.376. The average Bonchev–Trinajstić information content (AvgIpc) is 2.62. The van der Waals surface area contributed by atoms with Crippen LogP contribution in [-0.4, -0.2) is 12.6 Å². The molecule has 0 aliphatic carbocycles. The molecule has 2 atom stereocenters. The highest BCUT2D eigenvalue weighted by molar-refractivity contribution is 7.16. The fraction of sp³-hybridized carbons (Fsp3) is 0.733.